The van der Waals surface area contributed by atoms with Crippen LogP contribution in [0.5, 0.6) is 5.75 Å². The van der Waals surface area contributed by atoms with Crippen LogP contribution in [0.1, 0.15) is 45.1 Å². The lowest BCUT2D eigenvalue weighted by Gasteiger charge is -2.25. The Morgan fingerprint density at radius 3 is 2.28 bits per heavy atom. The standard InChI is InChI=1S/C31H31NO7/c1-20-6-4-7-21(18-20)19-39-25-14-12-23(13-15-25)28(33)26-27(22-8-10-24(11-9-22)31(36)38-3)32(16-5-17-37-2)30(35)29(26)34/h4,6-15,18,27,33H,5,16-17,19H2,1-3H3/b28-26-. The highest BCUT2D eigenvalue weighted by Crippen LogP contribution is 2.39. The van der Waals surface area contributed by atoms with Gasteiger partial charge in [-0.1, -0.05) is 42.0 Å². The number of hydrogen-bond acceptors (Lipinski definition) is 7. The summed E-state index contributed by atoms with van der Waals surface area (Å²) in [5.41, 5.74) is 3.46. The van der Waals surface area contributed by atoms with Gasteiger partial charge >= 0.3 is 5.97 Å². The van der Waals surface area contributed by atoms with E-state index in [1.54, 1.807) is 55.6 Å². The van der Waals surface area contributed by atoms with Crippen LogP contribution in [-0.4, -0.2) is 55.0 Å². The van der Waals surface area contributed by atoms with Crippen molar-refractivity contribution < 1.29 is 33.7 Å². The van der Waals surface area contributed by atoms with Crippen molar-refractivity contribution in [3.05, 3.63) is 106 Å². The number of likely N-dealkylation sites (tertiary alicyclic amines) is 1. The average Bonchev–Trinajstić information content (AvgIpc) is 3.21. The van der Waals surface area contributed by atoms with E-state index < -0.39 is 23.7 Å². The van der Waals surface area contributed by atoms with Gasteiger partial charge in [-0.25, -0.2) is 4.79 Å². The molecule has 0 aromatic heterocycles. The van der Waals surface area contributed by atoms with E-state index in [1.165, 1.54) is 12.0 Å². The molecule has 202 valence electrons. The molecule has 1 atom stereocenters. The van der Waals surface area contributed by atoms with E-state index in [-0.39, 0.29) is 17.9 Å². The summed E-state index contributed by atoms with van der Waals surface area (Å²) in [5, 5.41) is 11.3. The number of carbonyl (C=O) groups is 3. The van der Waals surface area contributed by atoms with Crippen molar-refractivity contribution in [2.75, 3.05) is 27.4 Å². The second kappa shape index (κ2) is 12.4. The highest BCUT2D eigenvalue weighted by atomic mass is 16.5. The van der Waals surface area contributed by atoms with E-state index in [4.69, 9.17) is 14.2 Å². The number of methoxy groups -OCH3 is 2. The molecular weight excluding hydrogens is 498 g/mol. The third kappa shape index (κ3) is 6.18. The quantitative estimate of drug-likeness (QED) is 0.132. The van der Waals surface area contributed by atoms with Crippen LogP contribution in [-0.2, 0) is 25.7 Å². The molecule has 4 rings (SSSR count). The SMILES string of the molecule is COCCCN1C(=O)C(=O)/C(=C(\O)c2ccc(OCc3cccc(C)c3)cc2)C1c1ccc(C(=O)OC)cc1. The van der Waals surface area contributed by atoms with Crippen molar-refractivity contribution in [3.63, 3.8) is 0 Å². The molecule has 1 amide bonds. The molecule has 1 N–H and O–H groups in total. The van der Waals surface area contributed by atoms with Crippen LogP contribution < -0.4 is 4.74 Å². The van der Waals surface area contributed by atoms with Crippen LogP contribution in [0.3, 0.4) is 0 Å². The minimum atomic E-state index is -0.828. The molecular formula is C31H31NO7. The molecule has 0 radical (unpaired) electrons. The Hall–Kier alpha value is -4.43. The van der Waals surface area contributed by atoms with E-state index in [9.17, 15) is 19.5 Å². The topological polar surface area (TPSA) is 102 Å². The number of aryl methyl sites for hydroxylation is 1. The van der Waals surface area contributed by atoms with Gasteiger partial charge in [0.1, 0.15) is 18.1 Å². The molecule has 8 nitrogen and oxygen atoms in total. The predicted molar refractivity (Wildman–Crippen MR) is 145 cm³/mol. The number of aliphatic hydroxyl groups excluding tert-OH is 1. The number of aliphatic hydroxyl groups is 1. The molecule has 0 saturated carbocycles. The molecule has 39 heavy (non-hydrogen) atoms. The Kier molecular flexibility index (Phi) is 8.78. The van der Waals surface area contributed by atoms with Gasteiger partial charge in [0, 0.05) is 25.8 Å². The van der Waals surface area contributed by atoms with Crippen molar-refractivity contribution in [1.82, 2.24) is 4.90 Å². The molecule has 0 bridgehead atoms. The van der Waals surface area contributed by atoms with E-state index in [0.29, 0.717) is 42.1 Å². The maximum absolute atomic E-state index is 13.2. The first-order valence-corrected chi connectivity index (χ1v) is 12.6. The summed E-state index contributed by atoms with van der Waals surface area (Å²) < 4.78 is 15.8. The fourth-order valence-corrected chi connectivity index (χ4v) is 4.59. The maximum Gasteiger partial charge on any atom is 0.337 e. The Morgan fingerprint density at radius 2 is 1.64 bits per heavy atom. The van der Waals surface area contributed by atoms with Crippen molar-refractivity contribution in [1.29, 1.82) is 0 Å². The van der Waals surface area contributed by atoms with Crippen LogP contribution in [0, 0.1) is 6.92 Å². The molecule has 1 aliphatic heterocycles. The minimum Gasteiger partial charge on any atom is -0.507 e. The van der Waals surface area contributed by atoms with Crippen LogP contribution >= 0.6 is 0 Å². The van der Waals surface area contributed by atoms with E-state index >= 15 is 0 Å². The van der Waals surface area contributed by atoms with Gasteiger partial charge < -0.3 is 24.2 Å². The molecule has 0 aliphatic carbocycles. The zero-order valence-electron chi connectivity index (χ0n) is 22.2. The van der Waals surface area contributed by atoms with Gasteiger partial charge in [-0.15, -0.1) is 0 Å². The number of esters is 1. The second-order valence-electron chi connectivity index (χ2n) is 9.25. The van der Waals surface area contributed by atoms with Crippen molar-refractivity contribution in [2.45, 2.75) is 26.0 Å². The number of amides is 1. The smallest absolute Gasteiger partial charge is 0.337 e. The second-order valence-corrected chi connectivity index (χ2v) is 9.25. The Bertz CT molecular complexity index is 1380. The zero-order valence-corrected chi connectivity index (χ0v) is 22.2. The van der Waals surface area contributed by atoms with Crippen molar-refractivity contribution in [3.8, 4) is 5.75 Å². The molecule has 8 heteroatoms. The van der Waals surface area contributed by atoms with Crippen molar-refractivity contribution in [2.24, 2.45) is 0 Å². The summed E-state index contributed by atoms with van der Waals surface area (Å²) in [4.78, 5) is 39.6. The summed E-state index contributed by atoms with van der Waals surface area (Å²) >= 11 is 0. The molecule has 3 aromatic rings. The van der Waals surface area contributed by atoms with Gasteiger partial charge in [0.15, 0.2) is 0 Å². The Balaban J connectivity index is 1.64. The largest absolute Gasteiger partial charge is 0.507 e. The van der Waals surface area contributed by atoms with Gasteiger partial charge in [0.05, 0.1) is 24.3 Å². The lowest BCUT2D eigenvalue weighted by Crippen LogP contribution is -2.31. The number of ether oxygens (including phenoxy) is 3. The van der Waals surface area contributed by atoms with Gasteiger partial charge in [0.2, 0.25) is 0 Å². The van der Waals surface area contributed by atoms with Gasteiger partial charge in [-0.05, 0) is 60.9 Å². The van der Waals surface area contributed by atoms with Gasteiger partial charge in [0.25, 0.3) is 11.7 Å². The summed E-state index contributed by atoms with van der Waals surface area (Å²) in [7, 11) is 2.85. The van der Waals surface area contributed by atoms with Gasteiger partial charge in [-0.2, -0.15) is 0 Å². The molecule has 0 spiro atoms. The van der Waals surface area contributed by atoms with E-state index in [2.05, 4.69) is 0 Å². The lowest BCUT2D eigenvalue weighted by molar-refractivity contribution is -0.140. The number of ketones is 1. The van der Waals surface area contributed by atoms with Crippen LogP contribution in [0.15, 0.2) is 78.4 Å². The molecule has 1 unspecified atom stereocenters. The number of carbonyl (C=O) groups excluding carboxylic acids is 3. The number of Topliss-reactive ketones (excluding diaryl/α,β-unsaturated/α-hetero) is 1. The molecule has 1 aliphatic rings. The molecule has 1 fully saturated rings. The first-order valence-electron chi connectivity index (χ1n) is 12.6. The van der Waals surface area contributed by atoms with Crippen molar-refractivity contribution >= 4 is 23.4 Å². The highest BCUT2D eigenvalue weighted by Gasteiger charge is 2.45. The summed E-state index contributed by atoms with van der Waals surface area (Å²) in [6, 6.07) is 20.3. The number of nitrogens with zero attached hydrogens (tertiary/aromatic N) is 1. The summed E-state index contributed by atoms with van der Waals surface area (Å²) in [6.07, 6.45) is 0.507. The monoisotopic (exact) mass is 529 g/mol. The van der Waals surface area contributed by atoms with Crippen LogP contribution in [0.4, 0.5) is 0 Å². The zero-order chi connectivity index (χ0) is 27.9. The summed E-state index contributed by atoms with van der Waals surface area (Å²) in [6.45, 7) is 3.07. The van der Waals surface area contributed by atoms with Crippen LogP contribution in [0.2, 0.25) is 0 Å². The van der Waals surface area contributed by atoms with E-state index in [1.807, 2.05) is 31.2 Å². The highest BCUT2D eigenvalue weighted by molar-refractivity contribution is 6.46. The molecule has 1 heterocycles. The Labute approximate surface area is 227 Å². The Morgan fingerprint density at radius 1 is 0.949 bits per heavy atom. The van der Waals surface area contributed by atoms with Gasteiger partial charge in [-0.3, -0.25) is 9.59 Å². The third-order valence-corrected chi connectivity index (χ3v) is 6.55. The molecule has 1 saturated heterocycles. The first kappa shape index (κ1) is 27.6. The summed E-state index contributed by atoms with van der Waals surface area (Å²) in [5.74, 6) is -1.65. The fraction of sp³-hybridized carbons (Fsp3) is 0.258. The number of benzene rings is 3. The first-order chi connectivity index (χ1) is 18.8. The van der Waals surface area contributed by atoms with Crippen LogP contribution in [0.25, 0.3) is 5.76 Å². The fourth-order valence-electron chi connectivity index (χ4n) is 4.59. The predicted octanol–water partition coefficient (Wildman–Crippen LogP) is 4.82. The normalized spacial score (nSPS) is 16.4. The number of hydrogen-bond donors (Lipinski definition) is 1. The van der Waals surface area contributed by atoms with E-state index in [0.717, 1.165) is 11.1 Å². The lowest BCUT2D eigenvalue weighted by atomic mass is 9.94. The minimum absolute atomic E-state index is 0.0170. The number of rotatable bonds is 10. The average molecular weight is 530 g/mol. The third-order valence-electron chi connectivity index (χ3n) is 6.55. The maximum atomic E-state index is 13.2. The molecule has 3 aromatic carbocycles.